The van der Waals surface area contributed by atoms with Crippen LogP contribution in [-0.4, -0.2) is 42.3 Å². The summed E-state index contributed by atoms with van der Waals surface area (Å²) in [6.45, 7) is 7.38. The van der Waals surface area contributed by atoms with Crippen LogP contribution < -0.4 is 0 Å². The van der Waals surface area contributed by atoms with Gasteiger partial charge in [0.2, 0.25) is 0 Å². The van der Waals surface area contributed by atoms with Crippen molar-refractivity contribution >= 4 is 12.1 Å². The van der Waals surface area contributed by atoms with Crippen molar-refractivity contribution in [3.63, 3.8) is 0 Å². The van der Waals surface area contributed by atoms with Crippen LogP contribution in [-0.2, 0) is 14.3 Å². The molecule has 4 unspecified atom stereocenters. The molecule has 0 aromatic rings. The molecule has 3 rings (SSSR count). The van der Waals surface area contributed by atoms with Crippen LogP contribution in [0, 0.1) is 17.3 Å². The third-order valence-electron chi connectivity index (χ3n) is 6.05. The molecule has 0 aromatic carbocycles. The second-order valence-corrected chi connectivity index (χ2v) is 7.98. The SMILES string of the molecule is CCC(C)(C)C(=O)OC1C2CCC(C2)C1OC(=O)N1CCCC1. The molecule has 1 amide bonds. The number of hydrogen-bond donors (Lipinski definition) is 0. The van der Waals surface area contributed by atoms with Gasteiger partial charge in [0.05, 0.1) is 5.41 Å². The van der Waals surface area contributed by atoms with Gasteiger partial charge in [-0.05, 0) is 52.4 Å². The fraction of sp³-hybridized carbons (Fsp3) is 0.889. The standard InChI is InChI=1S/C18H29NO4/c1-4-18(2,3)16(20)22-14-12-7-8-13(11-12)15(14)23-17(21)19-9-5-6-10-19/h12-15H,4-11H2,1-3H3. The highest BCUT2D eigenvalue weighted by Gasteiger charge is 2.53. The summed E-state index contributed by atoms with van der Waals surface area (Å²) in [5.41, 5.74) is -0.481. The Bertz CT molecular complexity index is 470. The Kier molecular flexibility index (Phi) is 4.56. The molecule has 5 heteroatoms. The van der Waals surface area contributed by atoms with Gasteiger partial charge < -0.3 is 14.4 Å². The predicted molar refractivity (Wildman–Crippen MR) is 85.9 cm³/mol. The Labute approximate surface area is 138 Å². The molecule has 1 heterocycles. The number of carbonyl (C=O) groups excluding carboxylic acids is 2. The molecule has 0 N–H and O–H groups in total. The Morgan fingerprint density at radius 2 is 1.61 bits per heavy atom. The first-order chi connectivity index (χ1) is 10.9. The first-order valence-electron chi connectivity index (χ1n) is 9.09. The van der Waals surface area contributed by atoms with Crippen LogP contribution in [0.4, 0.5) is 4.79 Å². The Balaban J connectivity index is 1.65. The van der Waals surface area contributed by atoms with E-state index in [1.54, 1.807) is 4.90 Å². The maximum Gasteiger partial charge on any atom is 0.410 e. The number of amides is 1. The molecule has 5 nitrogen and oxygen atoms in total. The van der Waals surface area contributed by atoms with Crippen LogP contribution in [0.15, 0.2) is 0 Å². The lowest BCUT2D eigenvalue weighted by Gasteiger charge is -2.33. The first-order valence-corrected chi connectivity index (χ1v) is 9.09. The Hall–Kier alpha value is -1.26. The zero-order valence-electron chi connectivity index (χ0n) is 14.5. The number of ether oxygens (including phenoxy) is 2. The van der Waals surface area contributed by atoms with Crippen molar-refractivity contribution in [3.05, 3.63) is 0 Å². The summed E-state index contributed by atoms with van der Waals surface area (Å²) >= 11 is 0. The van der Waals surface area contributed by atoms with E-state index in [0.717, 1.165) is 51.6 Å². The van der Waals surface area contributed by atoms with Crippen molar-refractivity contribution in [2.45, 2.75) is 71.5 Å². The highest BCUT2D eigenvalue weighted by atomic mass is 16.6. The van der Waals surface area contributed by atoms with Gasteiger partial charge in [-0.3, -0.25) is 4.79 Å². The van der Waals surface area contributed by atoms with Crippen LogP contribution >= 0.6 is 0 Å². The second kappa shape index (κ2) is 6.33. The molecule has 1 saturated heterocycles. The van der Waals surface area contributed by atoms with E-state index in [9.17, 15) is 9.59 Å². The van der Waals surface area contributed by atoms with Gasteiger partial charge in [-0.1, -0.05) is 6.92 Å². The lowest BCUT2D eigenvalue weighted by Crippen LogP contribution is -2.44. The molecule has 0 aromatic heterocycles. The smallest absolute Gasteiger partial charge is 0.410 e. The molecule has 0 radical (unpaired) electrons. The zero-order valence-corrected chi connectivity index (χ0v) is 14.5. The monoisotopic (exact) mass is 323 g/mol. The summed E-state index contributed by atoms with van der Waals surface area (Å²) in [5, 5.41) is 0. The highest BCUT2D eigenvalue weighted by Crippen LogP contribution is 2.48. The molecule has 3 fully saturated rings. The van der Waals surface area contributed by atoms with Crippen LogP contribution in [0.1, 0.15) is 59.3 Å². The fourth-order valence-electron chi connectivity index (χ4n) is 4.03. The van der Waals surface area contributed by atoms with Gasteiger partial charge in [-0.15, -0.1) is 0 Å². The summed E-state index contributed by atoms with van der Waals surface area (Å²) in [6, 6.07) is 0. The fourth-order valence-corrected chi connectivity index (χ4v) is 4.03. The van der Waals surface area contributed by atoms with Gasteiger partial charge in [-0.25, -0.2) is 4.79 Å². The summed E-state index contributed by atoms with van der Waals surface area (Å²) in [7, 11) is 0. The number of likely N-dealkylation sites (tertiary alicyclic amines) is 1. The third-order valence-corrected chi connectivity index (χ3v) is 6.05. The van der Waals surface area contributed by atoms with Gasteiger partial charge in [0, 0.05) is 24.9 Å². The topological polar surface area (TPSA) is 55.8 Å². The van der Waals surface area contributed by atoms with Gasteiger partial charge >= 0.3 is 12.1 Å². The zero-order chi connectivity index (χ0) is 16.6. The molecule has 0 spiro atoms. The van der Waals surface area contributed by atoms with Crippen LogP contribution in [0.25, 0.3) is 0 Å². The van der Waals surface area contributed by atoms with Gasteiger partial charge in [0.15, 0.2) is 0 Å². The van der Waals surface area contributed by atoms with Crippen LogP contribution in [0.2, 0.25) is 0 Å². The first kappa shape index (κ1) is 16.6. The average Bonchev–Trinajstić information content (AvgIpc) is 3.25. The second-order valence-electron chi connectivity index (χ2n) is 7.98. The largest absolute Gasteiger partial charge is 0.458 e. The lowest BCUT2D eigenvalue weighted by atomic mass is 9.89. The van der Waals surface area contributed by atoms with E-state index in [-0.39, 0.29) is 24.3 Å². The van der Waals surface area contributed by atoms with E-state index in [1.165, 1.54) is 0 Å². The van der Waals surface area contributed by atoms with Crippen LogP contribution in [0.5, 0.6) is 0 Å². The summed E-state index contributed by atoms with van der Waals surface area (Å²) in [5.74, 6) is 0.543. The third kappa shape index (κ3) is 3.20. The minimum absolute atomic E-state index is 0.167. The predicted octanol–water partition coefficient (Wildman–Crippen LogP) is 3.37. The van der Waals surface area contributed by atoms with E-state index in [2.05, 4.69) is 0 Å². The van der Waals surface area contributed by atoms with Gasteiger partial charge in [0.25, 0.3) is 0 Å². The van der Waals surface area contributed by atoms with E-state index in [4.69, 9.17) is 9.47 Å². The van der Waals surface area contributed by atoms with Crippen molar-refractivity contribution < 1.29 is 19.1 Å². The quantitative estimate of drug-likeness (QED) is 0.744. The van der Waals surface area contributed by atoms with Crippen LogP contribution in [0.3, 0.4) is 0 Å². The average molecular weight is 323 g/mol. The summed E-state index contributed by atoms with van der Waals surface area (Å²) < 4.78 is 11.6. The van der Waals surface area contributed by atoms with Crippen molar-refractivity contribution in [3.8, 4) is 0 Å². The van der Waals surface area contributed by atoms with Crippen molar-refractivity contribution in [1.29, 1.82) is 0 Å². The molecule has 2 bridgehead atoms. The molecular weight excluding hydrogens is 294 g/mol. The number of fused-ring (bicyclic) bond motifs is 2. The highest BCUT2D eigenvalue weighted by molar-refractivity contribution is 5.76. The normalized spacial score (nSPS) is 33.1. The van der Waals surface area contributed by atoms with Crippen molar-refractivity contribution in [2.75, 3.05) is 13.1 Å². The molecule has 23 heavy (non-hydrogen) atoms. The van der Waals surface area contributed by atoms with Crippen molar-refractivity contribution in [2.24, 2.45) is 17.3 Å². The molecule has 1 aliphatic heterocycles. The minimum atomic E-state index is -0.481. The number of hydrogen-bond acceptors (Lipinski definition) is 4. The number of rotatable bonds is 4. The minimum Gasteiger partial charge on any atom is -0.458 e. The van der Waals surface area contributed by atoms with Gasteiger partial charge in [-0.2, -0.15) is 0 Å². The maximum absolute atomic E-state index is 12.4. The van der Waals surface area contributed by atoms with Crippen molar-refractivity contribution in [1.82, 2.24) is 4.90 Å². The molecule has 130 valence electrons. The molecule has 2 aliphatic carbocycles. The Morgan fingerprint density at radius 3 is 2.17 bits per heavy atom. The van der Waals surface area contributed by atoms with E-state index in [0.29, 0.717) is 11.8 Å². The molecule has 3 aliphatic rings. The summed E-state index contributed by atoms with van der Waals surface area (Å²) in [4.78, 5) is 26.5. The van der Waals surface area contributed by atoms with E-state index in [1.807, 2.05) is 20.8 Å². The Morgan fingerprint density at radius 1 is 1.04 bits per heavy atom. The molecule has 4 atom stereocenters. The number of carbonyl (C=O) groups is 2. The summed E-state index contributed by atoms with van der Waals surface area (Å²) in [6.07, 6.45) is 5.28. The van der Waals surface area contributed by atoms with E-state index < -0.39 is 5.41 Å². The van der Waals surface area contributed by atoms with Gasteiger partial charge in [0.1, 0.15) is 12.2 Å². The number of esters is 1. The lowest BCUT2D eigenvalue weighted by molar-refractivity contribution is -0.169. The molecular formula is C18H29NO4. The maximum atomic E-state index is 12.4. The molecule has 2 saturated carbocycles. The van der Waals surface area contributed by atoms with E-state index >= 15 is 0 Å². The number of nitrogens with zero attached hydrogens (tertiary/aromatic N) is 1.